The van der Waals surface area contributed by atoms with E-state index in [9.17, 15) is 9.59 Å². The summed E-state index contributed by atoms with van der Waals surface area (Å²) in [7, 11) is 0. The van der Waals surface area contributed by atoms with E-state index in [2.05, 4.69) is 20.5 Å². The maximum atomic E-state index is 12.5. The number of carboxylic acid groups (broad SMARTS) is 1. The van der Waals surface area contributed by atoms with Gasteiger partial charge in [-0.1, -0.05) is 6.07 Å². The van der Waals surface area contributed by atoms with E-state index >= 15 is 0 Å². The van der Waals surface area contributed by atoms with Crippen molar-refractivity contribution < 1.29 is 24.2 Å². The predicted octanol–water partition coefficient (Wildman–Crippen LogP) is 1.11. The Hall–Kier alpha value is -3.24. The predicted molar refractivity (Wildman–Crippen MR) is 115 cm³/mol. The van der Waals surface area contributed by atoms with Gasteiger partial charge in [0, 0.05) is 43.3 Å². The summed E-state index contributed by atoms with van der Waals surface area (Å²) in [6.07, 6.45) is 3.61. The van der Waals surface area contributed by atoms with Crippen LogP contribution in [0.4, 0.5) is 5.69 Å². The smallest absolute Gasteiger partial charge is 0.290 e. The fraction of sp³-hybridized carbons (Fsp3) is 0.429. The zero-order valence-corrected chi connectivity index (χ0v) is 17.8. The standard InChI is InChI=1S/C20H27N5O3.CH2O2/c1-3-25-7-6-21-18(25)13-22-20(27)16-5-4-15(2)17(12-16)23-19(26)14-24-8-10-28-11-9-24;2-1-3/h4-7,12H,3,8-11,13-14H2,1-2H3,(H,22,27)(H,23,26);1H,(H,2,3). The van der Waals surface area contributed by atoms with Crippen molar-refractivity contribution in [1.82, 2.24) is 19.8 Å². The number of anilines is 1. The Kier molecular flexibility index (Phi) is 9.66. The first kappa shape index (κ1) is 24.0. The van der Waals surface area contributed by atoms with Crippen LogP contribution in [0.1, 0.15) is 28.7 Å². The minimum absolute atomic E-state index is 0.0902. The van der Waals surface area contributed by atoms with E-state index in [1.54, 1.807) is 18.3 Å². The van der Waals surface area contributed by atoms with Crippen molar-refractivity contribution in [3.05, 3.63) is 47.5 Å². The normalized spacial score (nSPS) is 13.6. The molecule has 10 heteroatoms. The van der Waals surface area contributed by atoms with Crippen LogP contribution in [0.5, 0.6) is 0 Å². The molecule has 0 bridgehead atoms. The Bertz CT molecular complexity index is 877. The first-order chi connectivity index (χ1) is 15.0. The monoisotopic (exact) mass is 431 g/mol. The minimum atomic E-state index is -0.250. The van der Waals surface area contributed by atoms with E-state index in [1.165, 1.54) is 0 Å². The van der Waals surface area contributed by atoms with Crippen LogP contribution in [-0.2, 0) is 27.4 Å². The summed E-state index contributed by atoms with van der Waals surface area (Å²) < 4.78 is 7.28. The molecule has 1 aliphatic rings. The highest BCUT2D eigenvalue weighted by Crippen LogP contribution is 2.17. The summed E-state index contributed by atoms with van der Waals surface area (Å²) in [6, 6.07) is 5.31. The van der Waals surface area contributed by atoms with E-state index in [1.807, 2.05) is 30.7 Å². The lowest BCUT2D eigenvalue weighted by Crippen LogP contribution is -2.41. The number of amides is 2. The van der Waals surface area contributed by atoms with Gasteiger partial charge in [0.25, 0.3) is 12.4 Å². The molecule has 2 aromatic rings. The van der Waals surface area contributed by atoms with Crippen LogP contribution < -0.4 is 10.6 Å². The van der Waals surface area contributed by atoms with Gasteiger partial charge in [-0.15, -0.1) is 0 Å². The zero-order valence-electron chi connectivity index (χ0n) is 17.8. The van der Waals surface area contributed by atoms with Gasteiger partial charge in [-0.25, -0.2) is 4.98 Å². The van der Waals surface area contributed by atoms with Crippen molar-refractivity contribution in [1.29, 1.82) is 0 Å². The van der Waals surface area contributed by atoms with Crippen molar-refractivity contribution in [2.75, 3.05) is 38.2 Å². The van der Waals surface area contributed by atoms with Crippen LogP contribution in [0.25, 0.3) is 0 Å². The van der Waals surface area contributed by atoms with Crippen molar-refractivity contribution in [3.63, 3.8) is 0 Å². The number of imidazole rings is 1. The number of carbonyl (C=O) groups excluding carboxylic acids is 2. The van der Waals surface area contributed by atoms with Gasteiger partial charge in [0.15, 0.2) is 0 Å². The molecule has 2 amide bonds. The highest BCUT2D eigenvalue weighted by atomic mass is 16.5. The van der Waals surface area contributed by atoms with E-state index < -0.39 is 0 Å². The summed E-state index contributed by atoms with van der Waals surface area (Å²) in [6.45, 7) is 7.96. The molecule has 0 saturated carbocycles. The third kappa shape index (κ3) is 7.50. The molecule has 3 N–H and O–H groups in total. The van der Waals surface area contributed by atoms with Gasteiger partial charge >= 0.3 is 0 Å². The Labute approximate surface area is 181 Å². The van der Waals surface area contributed by atoms with Gasteiger partial charge in [-0.2, -0.15) is 0 Å². The molecule has 0 atom stereocenters. The van der Waals surface area contributed by atoms with E-state index in [0.717, 1.165) is 31.0 Å². The minimum Gasteiger partial charge on any atom is -0.483 e. The highest BCUT2D eigenvalue weighted by molar-refractivity contribution is 5.98. The van der Waals surface area contributed by atoms with Gasteiger partial charge in [0.1, 0.15) is 5.82 Å². The van der Waals surface area contributed by atoms with Crippen molar-refractivity contribution >= 4 is 24.0 Å². The first-order valence-electron chi connectivity index (χ1n) is 10.0. The molecule has 1 aromatic carbocycles. The molecule has 1 fully saturated rings. The molecule has 1 aromatic heterocycles. The van der Waals surface area contributed by atoms with Gasteiger partial charge in [0.05, 0.1) is 26.3 Å². The Balaban J connectivity index is 0.00000107. The average Bonchev–Trinajstić information content (AvgIpc) is 3.22. The number of nitrogens with one attached hydrogen (secondary N) is 2. The maximum Gasteiger partial charge on any atom is 0.290 e. The molecule has 3 rings (SSSR count). The summed E-state index contributed by atoms with van der Waals surface area (Å²) >= 11 is 0. The SMILES string of the molecule is CCn1ccnc1CNC(=O)c1ccc(C)c(NC(=O)CN2CCOCC2)c1.O=CO. The lowest BCUT2D eigenvalue weighted by molar-refractivity contribution is -0.123. The summed E-state index contributed by atoms with van der Waals surface area (Å²) in [5.41, 5.74) is 2.07. The molecule has 168 valence electrons. The number of rotatable bonds is 7. The number of carbonyl (C=O) groups is 3. The van der Waals surface area contributed by atoms with E-state index in [4.69, 9.17) is 14.6 Å². The molecular formula is C21H29N5O5. The summed E-state index contributed by atoms with van der Waals surface area (Å²) in [4.78, 5) is 39.6. The second-order valence-corrected chi connectivity index (χ2v) is 6.88. The molecule has 31 heavy (non-hydrogen) atoms. The number of hydrogen-bond donors (Lipinski definition) is 3. The van der Waals surface area contributed by atoms with Crippen molar-refractivity contribution in [2.45, 2.75) is 26.9 Å². The fourth-order valence-electron chi connectivity index (χ4n) is 3.11. The first-order valence-corrected chi connectivity index (χ1v) is 10.0. The molecular weight excluding hydrogens is 402 g/mol. The highest BCUT2D eigenvalue weighted by Gasteiger charge is 2.16. The Morgan fingerprint density at radius 3 is 2.68 bits per heavy atom. The van der Waals surface area contributed by atoms with Crippen molar-refractivity contribution in [3.8, 4) is 0 Å². The molecule has 0 aliphatic carbocycles. The van der Waals surface area contributed by atoms with Crippen LogP contribution in [0, 0.1) is 6.92 Å². The molecule has 1 saturated heterocycles. The number of hydrogen-bond acceptors (Lipinski definition) is 6. The maximum absolute atomic E-state index is 12.5. The molecule has 0 radical (unpaired) electrons. The number of aromatic nitrogens is 2. The number of nitrogens with zero attached hydrogens (tertiary/aromatic N) is 3. The number of morpholine rings is 1. The van der Waals surface area contributed by atoms with Crippen LogP contribution in [0.3, 0.4) is 0 Å². The van der Waals surface area contributed by atoms with E-state index in [-0.39, 0.29) is 18.3 Å². The molecule has 2 heterocycles. The van der Waals surface area contributed by atoms with Gasteiger partial charge in [-0.05, 0) is 31.5 Å². The third-order valence-corrected chi connectivity index (χ3v) is 4.79. The zero-order chi connectivity index (χ0) is 22.6. The Morgan fingerprint density at radius 1 is 1.29 bits per heavy atom. The van der Waals surface area contributed by atoms with Crippen LogP contribution in [0.15, 0.2) is 30.6 Å². The third-order valence-electron chi connectivity index (χ3n) is 4.79. The van der Waals surface area contributed by atoms with Crippen molar-refractivity contribution in [2.24, 2.45) is 0 Å². The van der Waals surface area contributed by atoms with Crippen LogP contribution in [0.2, 0.25) is 0 Å². The second-order valence-electron chi connectivity index (χ2n) is 6.88. The fourth-order valence-corrected chi connectivity index (χ4v) is 3.11. The number of ether oxygens (including phenoxy) is 1. The molecule has 10 nitrogen and oxygen atoms in total. The van der Waals surface area contributed by atoms with Crippen LogP contribution >= 0.6 is 0 Å². The second kappa shape index (κ2) is 12.5. The van der Waals surface area contributed by atoms with Gasteiger partial charge in [-0.3, -0.25) is 19.3 Å². The molecule has 0 spiro atoms. The van der Waals surface area contributed by atoms with Gasteiger partial charge in [0.2, 0.25) is 5.91 Å². The average molecular weight is 431 g/mol. The van der Waals surface area contributed by atoms with E-state index in [0.29, 0.717) is 37.6 Å². The lowest BCUT2D eigenvalue weighted by Gasteiger charge is -2.26. The molecule has 0 unspecified atom stereocenters. The lowest BCUT2D eigenvalue weighted by atomic mass is 10.1. The number of benzene rings is 1. The van der Waals surface area contributed by atoms with Gasteiger partial charge < -0.3 is 25.0 Å². The summed E-state index contributed by atoms with van der Waals surface area (Å²) in [5.74, 6) is 0.517. The van der Waals surface area contributed by atoms with Crippen LogP contribution in [-0.4, -0.2) is 70.7 Å². The molecule has 1 aliphatic heterocycles. The Morgan fingerprint density at radius 2 is 2.00 bits per heavy atom. The topological polar surface area (TPSA) is 126 Å². The quantitative estimate of drug-likeness (QED) is 0.561. The largest absolute Gasteiger partial charge is 0.483 e. The summed E-state index contributed by atoms with van der Waals surface area (Å²) in [5, 5.41) is 12.7. The number of aryl methyl sites for hydroxylation is 2.